The fourth-order valence-electron chi connectivity index (χ4n) is 2.09. The number of hydrogen-bond donors (Lipinski definition) is 5. The Morgan fingerprint density at radius 1 is 0.864 bits per heavy atom. The van der Waals surface area contributed by atoms with E-state index in [-0.39, 0.29) is 6.42 Å². The molecule has 0 amide bonds. The van der Waals surface area contributed by atoms with Gasteiger partial charge in [-0.1, -0.05) is 0 Å². The van der Waals surface area contributed by atoms with Crippen LogP contribution in [0.25, 0.3) is 0 Å². The minimum atomic E-state index is -0.727. The topological polar surface area (TPSA) is 88.7 Å². The first-order valence-corrected chi connectivity index (χ1v) is 9.33. The number of hydrogen-bond acceptors (Lipinski definition) is 6. The molecule has 1 aliphatic heterocycles. The van der Waals surface area contributed by atoms with Crippen molar-refractivity contribution in [2.24, 2.45) is 0 Å². The molecule has 0 aromatic carbocycles. The number of carboxylic acids is 1. The van der Waals surface area contributed by atoms with Crippen molar-refractivity contribution >= 4 is 16.1 Å². The Kier molecular flexibility index (Phi) is 17.5. The van der Waals surface area contributed by atoms with Gasteiger partial charge in [0, 0.05) is 72.0 Å². The molecule has 1 saturated heterocycles. The quantitative estimate of drug-likeness (QED) is 0.396. The Labute approximate surface area is 145 Å². The van der Waals surface area contributed by atoms with Crippen molar-refractivity contribution < 1.29 is 25.0 Å². The second-order valence-corrected chi connectivity index (χ2v) is 4.99. The van der Waals surface area contributed by atoms with Gasteiger partial charge in [-0.15, -0.1) is 0 Å². The fourth-order valence-corrected chi connectivity index (χ4v) is 2.09. The summed E-state index contributed by atoms with van der Waals surface area (Å²) in [6.07, 6.45) is 0.211. The first-order valence-electron chi connectivity index (χ1n) is 7.70. The molecule has 7 nitrogen and oxygen atoms in total. The summed E-state index contributed by atoms with van der Waals surface area (Å²) in [6, 6.07) is 0. The molecule has 1 heterocycles. The Hall–Kier alpha value is 0.0795. The van der Waals surface area contributed by atoms with Crippen LogP contribution in [0.2, 0.25) is 0 Å². The minimum absolute atomic E-state index is 0.211. The maximum atomic E-state index is 10.7. The zero-order chi connectivity index (χ0) is 16.5. The number of halogens is 1. The van der Waals surface area contributed by atoms with E-state index < -0.39 is 5.97 Å². The SMILES string of the molecule is O=C(O)CCN1CCNCCNCCNCCNCC1.[Cl][Mn+]. The van der Waals surface area contributed by atoms with E-state index >= 15 is 0 Å². The molecule has 1 aliphatic rings. The zero-order valence-electron chi connectivity index (χ0n) is 13.0. The first-order chi connectivity index (χ1) is 10.8. The van der Waals surface area contributed by atoms with E-state index in [1.54, 1.807) is 0 Å². The van der Waals surface area contributed by atoms with Crippen LogP contribution in [0, 0.1) is 0 Å². The molecule has 9 heteroatoms. The third-order valence-electron chi connectivity index (χ3n) is 3.29. The van der Waals surface area contributed by atoms with E-state index in [1.807, 2.05) is 0 Å². The van der Waals surface area contributed by atoms with E-state index in [2.05, 4.69) is 51.4 Å². The van der Waals surface area contributed by atoms with Crippen LogP contribution in [0.5, 0.6) is 0 Å². The number of nitrogens with one attached hydrogen (secondary N) is 4. The molecule has 5 N–H and O–H groups in total. The molecule has 0 saturated carbocycles. The van der Waals surface area contributed by atoms with Crippen LogP contribution in [0.4, 0.5) is 0 Å². The molecule has 0 aliphatic carbocycles. The average molecular weight is 378 g/mol. The second kappa shape index (κ2) is 17.4. The fraction of sp³-hybridized carbons (Fsp3) is 0.923. The number of carbonyl (C=O) groups is 1. The molecule has 22 heavy (non-hydrogen) atoms. The predicted molar refractivity (Wildman–Crippen MR) is 86.0 cm³/mol. The molecule has 0 spiro atoms. The van der Waals surface area contributed by atoms with Crippen molar-refractivity contribution in [2.75, 3.05) is 72.0 Å². The normalized spacial score (nSPS) is 20.0. The molecular weight excluding hydrogens is 349 g/mol. The van der Waals surface area contributed by atoms with Gasteiger partial charge in [0.1, 0.15) is 0 Å². The van der Waals surface area contributed by atoms with Crippen LogP contribution < -0.4 is 21.3 Å². The molecule has 0 aromatic rings. The van der Waals surface area contributed by atoms with Gasteiger partial charge >= 0.3 is 31.2 Å². The number of carboxylic acid groups (broad SMARTS) is 1. The Balaban J connectivity index is 0.00000211. The van der Waals surface area contributed by atoms with E-state index in [0.717, 1.165) is 65.4 Å². The van der Waals surface area contributed by atoms with Crippen molar-refractivity contribution in [3.63, 3.8) is 0 Å². The van der Waals surface area contributed by atoms with Crippen molar-refractivity contribution in [2.45, 2.75) is 6.42 Å². The van der Waals surface area contributed by atoms with Crippen LogP contribution in [0.15, 0.2) is 0 Å². The average Bonchev–Trinajstić information content (AvgIpc) is 2.54. The molecular formula is C13H29ClMnN5O2+. The van der Waals surface area contributed by atoms with E-state index in [9.17, 15) is 4.79 Å². The molecule has 0 atom stereocenters. The predicted octanol–water partition coefficient (Wildman–Crippen LogP) is -1.18. The Morgan fingerprint density at radius 3 is 1.59 bits per heavy atom. The van der Waals surface area contributed by atoms with Gasteiger partial charge in [-0.2, -0.15) is 0 Å². The van der Waals surface area contributed by atoms with Crippen LogP contribution in [-0.2, 0) is 19.9 Å². The van der Waals surface area contributed by atoms with E-state index in [4.69, 9.17) is 5.11 Å². The zero-order valence-corrected chi connectivity index (χ0v) is 15.0. The van der Waals surface area contributed by atoms with E-state index in [1.165, 1.54) is 0 Å². The van der Waals surface area contributed by atoms with Crippen LogP contribution in [0.1, 0.15) is 6.42 Å². The second-order valence-electron chi connectivity index (χ2n) is 4.99. The maximum absolute atomic E-state index is 10.7. The van der Waals surface area contributed by atoms with Crippen molar-refractivity contribution in [1.82, 2.24) is 26.2 Å². The van der Waals surface area contributed by atoms with Crippen LogP contribution in [0.3, 0.4) is 0 Å². The van der Waals surface area contributed by atoms with Gasteiger partial charge in [-0.05, 0) is 0 Å². The van der Waals surface area contributed by atoms with Gasteiger partial charge in [0.25, 0.3) is 0 Å². The van der Waals surface area contributed by atoms with Gasteiger partial charge in [0.15, 0.2) is 0 Å². The Bertz CT molecular complexity index is 249. The number of rotatable bonds is 3. The van der Waals surface area contributed by atoms with Gasteiger partial charge in [-0.3, -0.25) is 4.79 Å². The monoisotopic (exact) mass is 377 g/mol. The molecule has 0 bridgehead atoms. The van der Waals surface area contributed by atoms with Crippen molar-refractivity contribution in [3.8, 4) is 0 Å². The van der Waals surface area contributed by atoms with E-state index in [0.29, 0.717) is 6.54 Å². The molecule has 1 fully saturated rings. The third kappa shape index (κ3) is 15.0. The first kappa shape index (κ1) is 22.1. The molecule has 0 aromatic heterocycles. The van der Waals surface area contributed by atoms with Crippen molar-refractivity contribution in [1.29, 1.82) is 0 Å². The summed E-state index contributed by atoms with van der Waals surface area (Å²) in [4.78, 5) is 12.9. The van der Waals surface area contributed by atoms with Gasteiger partial charge < -0.3 is 31.3 Å². The van der Waals surface area contributed by atoms with Gasteiger partial charge in [-0.25, -0.2) is 0 Å². The van der Waals surface area contributed by atoms with Crippen LogP contribution in [-0.4, -0.2) is 88.0 Å². The molecule has 1 rings (SSSR count). The standard InChI is InChI=1S/C13H29N5O2.ClH.Mn/c19-13(20)1-10-18-11-8-16-6-4-14-2-3-15-5-7-17-9-12-18;;/h14-17H,1-12H2,(H,19,20);1H;/q;;+2/p-1. The summed E-state index contributed by atoms with van der Waals surface area (Å²) in [5.41, 5.74) is 0. The van der Waals surface area contributed by atoms with Crippen LogP contribution >= 0.6 is 10.1 Å². The third-order valence-corrected chi connectivity index (χ3v) is 3.29. The van der Waals surface area contributed by atoms with Gasteiger partial charge in [0.2, 0.25) is 0 Å². The summed E-state index contributed by atoms with van der Waals surface area (Å²) >= 11 is 2.41. The summed E-state index contributed by atoms with van der Waals surface area (Å²) in [5, 5.41) is 22.3. The number of aliphatic carboxylic acids is 1. The number of nitrogens with zero attached hydrogens (tertiary/aromatic N) is 1. The molecule has 0 radical (unpaired) electrons. The van der Waals surface area contributed by atoms with Crippen molar-refractivity contribution in [3.05, 3.63) is 0 Å². The summed E-state index contributed by atoms with van der Waals surface area (Å²) in [7, 11) is 4.45. The molecule has 0 unspecified atom stereocenters. The summed E-state index contributed by atoms with van der Waals surface area (Å²) < 4.78 is 0. The summed E-state index contributed by atoms with van der Waals surface area (Å²) in [6.45, 7) is 10.0. The van der Waals surface area contributed by atoms with Gasteiger partial charge in [0.05, 0.1) is 6.42 Å². The Morgan fingerprint density at radius 2 is 1.23 bits per heavy atom. The molecule has 131 valence electrons. The summed E-state index contributed by atoms with van der Waals surface area (Å²) in [5.74, 6) is -0.727.